The molecule has 178 valence electrons. The second-order valence-electron chi connectivity index (χ2n) is 9.83. The first kappa shape index (κ1) is 25.5. The van der Waals surface area contributed by atoms with Gasteiger partial charge in [0.15, 0.2) is 0 Å². The molecule has 0 aromatic rings. The van der Waals surface area contributed by atoms with Crippen LogP contribution in [0.2, 0.25) is 0 Å². The number of carbonyl (C=O) groups excluding carboxylic acids is 3. The van der Waals surface area contributed by atoms with Gasteiger partial charge >= 0.3 is 12.1 Å². The largest absolute Gasteiger partial charge is 0.481 e. The predicted molar refractivity (Wildman–Crippen MR) is 117 cm³/mol. The van der Waals surface area contributed by atoms with Crippen molar-refractivity contribution in [2.24, 2.45) is 17.8 Å². The lowest BCUT2D eigenvalue weighted by Gasteiger charge is -2.43. The van der Waals surface area contributed by atoms with Gasteiger partial charge in [0.05, 0.1) is 12.3 Å². The maximum absolute atomic E-state index is 12.8. The molecular formula is C23H35N3O6. The Kier molecular flexibility index (Phi) is 8.53. The Balaban J connectivity index is 1.80. The quantitative estimate of drug-likeness (QED) is 0.572. The van der Waals surface area contributed by atoms with Crippen molar-refractivity contribution in [2.45, 2.75) is 65.0 Å². The fourth-order valence-corrected chi connectivity index (χ4v) is 3.95. The number of carboxylic acids is 1. The number of rotatable bonds is 7. The topological polar surface area (TPSA) is 116 Å². The van der Waals surface area contributed by atoms with Crippen LogP contribution in [0.25, 0.3) is 0 Å². The van der Waals surface area contributed by atoms with E-state index in [-0.39, 0.29) is 36.2 Å². The zero-order chi connectivity index (χ0) is 24.1. The number of ether oxygens (including phenoxy) is 1. The molecule has 2 saturated heterocycles. The van der Waals surface area contributed by atoms with Crippen molar-refractivity contribution < 1.29 is 29.0 Å². The van der Waals surface area contributed by atoms with Crippen LogP contribution in [0.1, 0.15) is 53.4 Å². The molecule has 0 spiro atoms. The first-order chi connectivity index (χ1) is 14.9. The Morgan fingerprint density at radius 1 is 1.16 bits per heavy atom. The molecule has 1 unspecified atom stereocenters. The van der Waals surface area contributed by atoms with Crippen molar-refractivity contribution in [3.8, 4) is 12.3 Å². The van der Waals surface area contributed by atoms with Crippen LogP contribution in [0.4, 0.5) is 4.79 Å². The maximum Gasteiger partial charge on any atom is 0.410 e. The SMILES string of the molecule is C#C[C@H](CC(=O)O)NC(=O)[C@@H]1CCCN(C(=O)CC(C)C2CN(C(=O)OC(C)(C)C)C2)C1. The van der Waals surface area contributed by atoms with E-state index in [1.807, 2.05) is 27.7 Å². The van der Waals surface area contributed by atoms with Gasteiger partial charge in [-0.25, -0.2) is 4.79 Å². The normalized spacial score (nSPS) is 21.0. The van der Waals surface area contributed by atoms with E-state index in [4.69, 9.17) is 16.3 Å². The molecule has 0 radical (unpaired) electrons. The zero-order valence-corrected chi connectivity index (χ0v) is 19.4. The number of nitrogens with zero attached hydrogens (tertiary/aromatic N) is 2. The van der Waals surface area contributed by atoms with E-state index in [0.717, 1.165) is 0 Å². The van der Waals surface area contributed by atoms with Crippen molar-refractivity contribution >= 4 is 23.9 Å². The van der Waals surface area contributed by atoms with Crippen molar-refractivity contribution in [1.82, 2.24) is 15.1 Å². The lowest BCUT2D eigenvalue weighted by atomic mass is 9.84. The van der Waals surface area contributed by atoms with E-state index in [2.05, 4.69) is 11.2 Å². The highest BCUT2D eigenvalue weighted by Crippen LogP contribution is 2.29. The van der Waals surface area contributed by atoms with Gasteiger partial charge in [0, 0.05) is 32.6 Å². The van der Waals surface area contributed by atoms with Gasteiger partial charge < -0.3 is 25.0 Å². The Labute approximate surface area is 189 Å². The van der Waals surface area contributed by atoms with Gasteiger partial charge in [0.2, 0.25) is 11.8 Å². The molecule has 2 heterocycles. The smallest absolute Gasteiger partial charge is 0.410 e. The van der Waals surface area contributed by atoms with Crippen LogP contribution in [-0.2, 0) is 19.1 Å². The van der Waals surface area contributed by atoms with E-state index in [9.17, 15) is 19.2 Å². The van der Waals surface area contributed by atoms with Crippen LogP contribution in [-0.4, -0.2) is 76.6 Å². The highest BCUT2D eigenvalue weighted by atomic mass is 16.6. The van der Waals surface area contributed by atoms with Crippen LogP contribution in [0.5, 0.6) is 0 Å². The molecule has 2 rings (SSSR count). The summed E-state index contributed by atoms with van der Waals surface area (Å²) in [4.78, 5) is 51.6. The van der Waals surface area contributed by atoms with E-state index >= 15 is 0 Å². The molecule has 32 heavy (non-hydrogen) atoms. The lowest BCUT2D eigenvalue weighted by Crippen LogP contribution is -2.54. The maximum atomic E-state index is 12.8. The predicted octanol–water partition coefficient (Wildman–Crippen LogP) is 1.71. The highest BCUT2D eigenvalue weighted by Gasteiger charge is 2.38. The molecule has 2 aliphatic rings. The van der Waals surface area contributed by atoms with Crippen LogP contribution < -0.4 is 5.32 Å². The summed E-state index contributed by atoms with van der Waals surface area (Å²) in [6.07, 6.45) is 6.33. The monoisotopic (exact) mass is 449 g/mol. The van der Waals surface area contributed by atoms with E-state index in [1.54, 1.807) is 9.80 Å². The Morgan fingerprint density at radius 3 is 2.38 bits per heavy atom. The van der Waals surface area contributed by atoms with Crippen molar-refractivity contribution in [3.63, 3.8) is 0 Å². The number of hydrogen-bond donors (Lipinski definition) is 2. The van der Waals surface area contributed by atoms with Gasteiger partial charge in [-0.3, -0.25) is 14.4 Å². The van der Waals surface area contributed by atoms with Gasteiger partial charge in [-0.15, -0.1) is 6.42 Å². The summed E-state index contributed by atoms with van der Waals surface area (Å²) < 4.78 is 5.37. The molecular weight excluding hydrogens is 414 g/mol. The van der Waals surface area contributed by atoms with Crippen molar-refractivity contribution in [2.75, 3.05) is 26.2 Å². The van der Waals surface area contributed by atoms with Crippen molar-refractivity contribution in [1.29, 1.82) is 0 Å². The summed E-state index contributed by atoms with van der Waals surface area (Å²) in [5.74, 6) is 0.823. The summed E-state index contributed by atoms with van der Waals surface area (Å²) in [6.45, 7) is 9.54. The molecule has 2 N–H and O–H groups in total. The number of amides is 3. The number of piperidine rings is 1. The molecule has 0 aromatic carbocycles. The van der Waals surface area contributed by atoms with E-state index < -0.39 is 23.5 Å². The molecule has 0 aliphatic carbocycles. The molecule has 0 aromatic heterocycles. The van der Waals surface area contributed by atoms with Gasteiger partial charge in [0.1, 0.15) is 11.6 Å². The molecule has 9 nitrogen and oxygen atoms in total. The number of nitrogens with one attached hydrogen (secondary N) is 1. The average Bonchev–Trinajstić information content (AvgIpc) is 2.64. The molecule has 0 bridgehead atoms. The number of carboxylic acid groups (broad SMARTS) is 1. The van der Waals surface area contributed by atoms with Crippen LogP contribution in [0.15, 0.2) is 0 Å². The van der Waals surface area contributed by atoms with Gasteiger partial charge in [-0.2, -0.15) is 0 Å². The minimum Gasteiger partial charge on any atom is -0.481 e. The third-order valence-electron chi connectivity index (χ3n) is 5.90. The second kappa shape index (κ2) is 10.7. The third kappa shape index (κ3) is 7.43. The Hall–Kier alpha value is -2.76. The fourth-order valence-electron chi connectivity index (χ4n) is 3.95. The number of hydrogen-bond acceptors (Lipinski definition) is 5. The molecule has 3 atom stereocenters. The first-order valence-corrected chi connectivity index (χ1v) is 11.1. The zero-order valence-electron chi connectivity index (χ0n) is 19.4. The Bertz CT molecular complexity index is 763. The highest BCUT2D eigenvalue weighted by molar-refractivity contribution is 5.82. The molecule has 2 fully saturated rings. The minimum absolute atomic E-state index is 0.00949. The second-order valence-corrected chi connectivity index (χ2v) is 9.83. The molecule has 9 heteroatoms. The summed E-state index contributed by atoms with van der Waals surface area (Å²) in [5, 5.41) is 11.5. The summed E-state index contributed by atoms with van der Waals surface area (Å²) >= 11 is 0. The molecule has 2 aliphatic heterocycles. The number of likely N-dealkylation sites (tertiary alicyclic amines) is 2. The summed E-state index contributed by atoms with van der Waals surface area (Å²) in [5.41, 5.74) is -0.533. The lowest BCUT2D eigenvalue weighted by molar-refractivity contribution is -0.137. The number of aliphatic carboxylic acids is 1. The number of terminal acetylenes is 1. The number of carbonyl (C=O) groups is 4. The average molecular weight is 450 g/mol. The standard InChI is InChI=1S/C23H35N3O6/c1-6-18(11-20(28)29)24-21(30)16-8-7-9-25(12-16)19(27)10-15(2)17-13-26(14-17)22(31)32-23(3,4)5/h1,15-18H,7-14H2,2-5H3,(H,24,30)(H,28,29)/t15?,16-,18-/m1/s1. The van der Waals surface area contributed by atoms with E-state index in [0.29, 0.717) is 45.4 Å². The Morgan fingerprint density at radius 2 is 1.81 bits per heavy atom. The van der Waals surface area contributed by atoms with E-state index in [1.165, 1.54) is 0 Å². The van der Waals surface area contributed by atoms with Gasteiger partial charge in [0.25, 0.3) is 0 Å². The van der Waals surface area contributed by atoms with Crippen LogP contribution >= 0.6 is 0 Å². The van der Waals surface area contributed by atoms with Crippen LogP contribution in [0, 0.1) is 30.1 Å². The third-order valence-corrected chi connectivity index (χ3v) is 5.90. The minimum atomic E-state index is -1.08. The summed E-state index contributed by atoms with van der Waals surface area (Å²) in [6, 6.07) is -0.863. The summed E-state index contributed by atoms with van der Waals surface area (Å²) in [7, 11) is 0. The molecule has 3 amide bonds. The first-order valence-electron chi connectivity index (χ1n) is 11.1. The fraction of sp³-hybridized carbons (Fsp3) is 0.739. The van der Waals surface area contributed by atoms with Crippen LogP contribution in [0.3, 0.4) is 0 Å². The van der Waals surface area contributed by atoms with Gasteiger partial charge in [-0.1, -0.05) is 12.8 Å². The molecule has 0 saturated carbocycles. The van der Waals surface area contributed by atoms with Gasteiger partial charge in [-0.05, 0) is 45.4 Å². The van der Waals surface area contributed by atoms with Crippen molar-refractivity contribution in [3.05, 3.63) is 0 Å².